The molecule has 5 heteroatoms. The maximum absolute atomic E-state index is 13.8. The van der Waals surface area contributed by atoms with Crippen molar-refractivity contribution in [1.82, 2.24) is 0 Å². The van der Waals surface area contributed by atoms with Crippen LogP contribution in [0, 0.1) is 22.2 Å². The fourth-order valence-electron chi connectivity index (χ4n) is 4.29. The maximum atomic E-state index is 13.8. The second-order valence-corrected chi connectivity index (χ2v) is 15.1. The van der Waals surface area contributed by atoms with Crippen LogP contribution in [0.15, 0.2) is 36.4 Å². The van der Waals surface area contributed by atoms with E-state index in [4.69, 9.17) is 9.47 Å². The van der Waals surface area contributed by atoms with Gasteiger partial charge in [-0.3, -0.25) is 9.59 Å². The Kier molecular flexibility index (Phi) is 9.87. The number of hydrogen-bond acceptors (Lipinski definition) is 5. The van der Waals surface area contributed by atoms with Gasteiger partial charge in [-0.25, -0.2) is 0 Å². The SMILES string of the molecule is CCC(C)(CC(CC(C)C(=O)OC(C)(C)C(C)(C)C)c1ccc2cc(O)ccc2c1)C(=O)OC(C)(C)C(C)(C)C. The van der Waals surface area contributed by atoms with Gasteiger partial charge in [-0.1, -0.05) is 79.7 Å². The molecule has 2 rings (SSSR count). The van der Waals surface area contributed by atoms with Crippen LogP contribution in [-0.2, 0) is 19.1 Å². The summed E-state index contributed by atoms with van der Waals surface area (Å²) in [5, 5.41) is 11.9. The Bertz CT molecular complexity index is 1190. The molecule has 2 aromatic rings. The van der Waals surface area contributed by atoms with Crippen LogP contribution in [0.4, 0.5) is 0 Å². The van der Waals surface area contributed by atoms with Crippen LogP contribution in [0.1, 0.15) is 121 Å². The van der Waals surface area contributed by atoms with Gasteiger partial charge in [0.15, 0.2) is 0 Å². The van der Waals surface area contributed by atoms with E-state index in [1.807, 2.05) is 66.7 Å². The second-order valence-electron chi connectivity index (χ2n) is 15.1. The minimum atomic E-state index is -0.745. The van der Waals surface area contributed by atoms with Gasteiger partial charge in [0, 0.05) is 10.8 Å². The number of fused-ring (bicyclic) bond motifs is 1. The van der Waals surface area contributed by atoms with Gasteiger partial charge in [-0.15, -0.1) is 0 Å². The number of phenols is 1. The molecule has 5 nitrogen and oxygen atoms in total. The van der Waals surface area contributed by atoms with Crippen LogP contribution in [0.5, 0.6) is 5.75 Å². The van der Waals surface area contributed by atoms with E-state index in [0.717, 1.165) is 16.3 Å². The average molecular weight is 555 g/mol. The number of benzene rings is 2. The lowest BCUT2D eigenvalue weighted by Gasteiger charge is -2.41. The number of rotatable bonds is 10. The molecule has 0 bridgehead atoms. The Morgan fingerprint density at radius 3 is 1.80 bits per heavy atom. The Morgan fingerprint density at radius 2 is 1.27 bits per heavy atom. The summed E-state index contributed by atoms with van der Waals surface area (Å²) in [6, 6.07) is 11.5. The third kappa shape index (κ3) is 7.79. The maximum Gasteiger partial charge on any atom is 0.312 e. The molecule has 0 heterocycles. The highest BCUT2D eigenvalue weighted by atomic mass is 16.6. The third-order valence-electron chi connectivity index (χ3n) is 9.65. The van der Waals surface area contributed by atoms with Crippen LogP contribution in [0.3, 0.4) is 0 Å². The van der Waals surface area contributed by atoms with Crippen molar-refractivity contribution in [2.24, 2.45) is 22.2 Å². The van der Waals surface area contributed by atoms with Crippen LogP contribution in [0.2, 0.25) is 0 Å². The predicted octanol–water partition coefficient (Wildman–Crippen LogP) is 9.20. The van der Waals surface area contributed by atoms with Crippen LogP contribution in [-0.4, -0.2) is 28.2 Å². The molecular weight excluding hydrogens is 500 g/mol. The summed E-state index contributed by atoms with van der Waals surface area (Å²) < 4.78 is 12.2. The predicted molar refractivity (Wildman–Crippen MR) is 164 cm³/mol. The van der Waals surface area contributed by atoms with E-state index in [1.54, 1.807) is 12.1 Å². The lowest BCUT2D eigenvalue weighted by molar-refractivity contribution is -0.180. The summed E-state index contributed by atoms with van der Waals surface area (Å²) in [4.78, 5) is 27.1. The van der Waals surface area contributed by atoms with Gasteiger partial charge in [0.25, 0.3) is 0 Å². The van der Waals surface area contributed by atoms with Crippen molar-refractivity contribution in [3.63, 3.8) is 0 Å². The van der Waals surface area contributed by atoms with E-state index in [2.05, 4.69) is 47.6 Å². The fraction of sp³-hybridized carbons (Fsp3) is 0.657. The van der Waals surface area contributed by atoms with Crippen molar-refractivity contribution in [1.29, 1.82) is 0 Å². The Labute approximate surface area is 243 Å². The molecule has 0 amide bonds. The topological polar surface area (TPSA) is 72.8 Å². The van der Waals surface area contributed by atoms with Gasteiger partial charge in [0.1, 0.15) is 17.0 Å². The highest BCUT2D eigenvalue weighted by Gasteiger charge is 2.44. The summed E-state index contributed by atoms with van der Waals surface area (Å²) in [5.41, 5.74) is -1.40. The molecule has 0 spiro atoms. The summed E-state index contributed by atoms with van der Waals surface area (Å²) >= 11 is 0. The quantitative estimate of drug-likeness (QED) is 0.296. The molecule has 3 atom stereocenters. The second kappa shape index (κ2) is 11.7. The molecule has 2 aromatic carbocycles. The summed E-state index contributed by atoms with van der Waals surface area (Å²) in [6.45, 7) is 26.2. The molecule has 1 N–H and O–H groups in total. The number of esters is 2. The first-order chi connectivity index (χ1) is 18.0. The number of phenolic OH excluding ortho intramolecular Hbond substituents is 1. The van der Waals surface area contributed by atoms with E-state index < -0.39 is 16.6 Å². The smallest absolute Gasteiger partial charge is 0.312 e. The zero-order valence-corrected chi connectivity index (χ0v) is 27.3. The van der Waals surface area contributed by atoms with E-state index in [-0.39, 0.29) is 40.4 Å². The van der Waals surface area contributed by atoms with Crippen molar-refractivity contribution < 1.29 is 24.2 Å². The molecule has 0 saturated carbocycles. The normalized spacial score (nSPS) is 16.2. The van der Waals surface area contributed by atoms with Gasteiger partial charge in [-0.2, -0.15) is 0 Å². The van der Waals surface area contributed by atoms with Gasteiger partial charge in [-0.05, 0) is 88.3 Å². The van der Waals surface area contributed by atoms with E-state index in [1.165, 1.54) is 0 Å². The fourth-order valence-corrected chi connectivity index (χ4v) is 4.29. The molecule has 3 unspecified atom stereocenters. The number of aromatic hydroxyl groups is 1. The Hall–Kier alpha value is -2.56. The lowest BCUT2D eigenvalue weighted by atomic mass is 9.73. The minimum absolute atomic E-state index is 0.0891. The summed E-state index contributed by atoms with van der Waals surface area (Å²) in [5.74, 6) is -0.684. The average Bonchev–Trinajstić information content (AvgIpc) is 2.81. The van der Waals surface area contributed by atoms with Crippen molar-refractivity contribution in [3.05, 3.63) is 42.0 Å². The summed E-state index contributed by atoms with van der Waals surface area (Å²) in [7, 11) is 0. The minimum Gasteiger partial charge on any atom is -0.508 e. The molecule has 0 aromatic heterocycles. The molecule has 0 aliphatic heterocycles. The van der Waals surface area contributed by atoms with Gasteiger partial charge >= 0.3 is 11.9 Å². The van der Waals surface area contributed by atoms with Crippen LogP contribution < -0.4 is 0 Å². The standard InChI is InChI=1S/C35H54O5/c1-14-35(13,30(38)40-34(11,12)32(6,7)8)22-27(19-23(2)29(37)39-33(9,10)31(3,4)5)25-15-16-26-21-28(36)18-17-24(26)20-25/h15-18,20-21,23,27,36H,14,19,22H2,1-13H3. The van der Waals surface area contributed by atoms with E-state index in [9.17, 15) is 14.7 Å². The van der Waals surface area contributed by atoms with Crippen molar-refractivity contribution >= 4 is 22.7 Å². The zero-order valence-electron chi connectivity index (χ0n) is 27.3. The highest BCUT2D eigenvalue weighted by molar-refractivity contribution is 5.84. The van der Waals surface area contributed by atoms with Gasteiger partial charge < -0.3 is 14.6 Å². The van der Waals surface area contributed by atoms with Crippen LogP contribution >= 0.6 is 0 Å². The number of carbonyl (C=O) groups is 2. The van der Waals surface area contributed by atoms with E-state index >= 15 is 0 Å². The first kappa shape index (κ1) is 33.6. The molecule has 0 fully saturated rings. The lowest BCUT2D eigenvalue weighted by Crippen LogP contribution is -2.45. The molecule has 0 aliphatic carbocycles. The molecule has 0 radical (unpaired) electrons. The van der Waals surface area contributed by atoms with Crippen LogP contribution in [0.25, 0.3) is 10.8 Å². The third-order valence-corrected chi connectivity index (χ3v) is 9.65. The first-order valence-corrected chi connectivity index (χ1v) is 14.7. The van der Waals surface area contributed by atoms with Crippen molar-refractivity contribution in [2.45, 2.75) is 126 Å². The number of ether oxygens (including phenoxy) is 2. The molecule has 40 heavy (non-hydrogen) atoms. The molecule has 0 aliphatic rings. The van der Waals surface area contributed by atoms with E-state index in [0.29, 0.717) is 19.3 Å². The number of carbonyl (C=O) groups excluding carboxylic acids is 2. The Balaban J connectivity index is 2.46. The van der Waals surface area contributed by atoms with Crippen molar-refractivity contribution in [2.75, 3.05) is 0 Å². The molecule has 0 saturated heterocycles. The number of hydrogen-bond donors (Lipinski definition) is 1. The first-order valence-electron chi connectivity index (χ1n) is 14.7. The van der Waals surface area contributed by atoms with Gasteiger partial charge in [0.05, 0.1) is 11.3 Å². The zero-order chi connectivity index (χ0) is 30.9. The largest absolute Gasteiger partial charge is 0.508 e. The highest BCUT2D eigenvalue weighted by Crippen LogP contribution is 2.43. The monoisotopic (exact) mass is 554 g/mol. The summed E-state index contributed by atoms with van der Waals surface area (Å²) in [6.07, 6.45) is 1.68. The van der Waals surface area contributed by atoms with Crippen molar-refractivity contribution in [3.8, 4) is 5.75 Å². The van der Waals surface area contributed by atoms with Gasteiger partial charge in [0.2, 0.25) is 0 Å². The molecule has 224 valence electrons. The molecular formula is C35H54O5. The Morgan fingerprint density at radius 1 is 0.775 bits per heavy atom.